The van der Waals surface area contributed by atoms with Crippen LogP contribution in [0.1, 0.15) is 25.7 Å². The molecule has 1 atom stereocenters. The fraction of sp³-hybridized carbons (Fsp3) is 0.625. The third kappa shape index (κ3) is 4.70. The van der Waals surface area contributed by atoms with E-state index < -0.39 is 0 Å². The number of nitrogens with zero attached hydrogens (tertiary/aromatic N) is 2. The average Bonchev–Trinajstić information content (AvgIpc) is 3.20. The maximum absolute atomic E-state index is 11.7. The quantitative estimate of drug-likeness (QED) is 0.798. The van der Waals surface area contributed by atoms with E-state index in [9.17, 15) is 4.79 Å². The molecule has 0 radical (unpaired) electrons. The smallest absolute Gasteiger partial charge is 0.221 e. The van der Waals surface area contributed by atoms with Crippen LogP contribution in [0.4, 0.5) is 5.82 Å². The molecular formula is C16H24N4O. The summed E-state index contributed by atoms with van der Waals surface area (Å²) in [5, 5.41) is 6.44. The number of hydrogen-bond donors (Lipinski definition) is 2. The first-order valence-corrected chi connectivity index (χ1v) is 7.96. The topological polar surface area (TPSA) is 57.3 Å². The lowest BCUT2D eigenvalue weighted by molar-refractivity contribution is -0.121. The zero-order valence-corrected chi connectivity index (χ0v) is 12.4. The highest BCUT2D eigenvalue weighted by atomic mass is 16.1. The first-order chi connectivity index (χ1) is 10.3. The fourth-order valence-corrected chi connectivity index (χ4v) is 2.79. The Kier molecular flexibility index (Phi) is 4.70. The minimum Gasteiger partial charge on any atom is -0.370 e. The van der Waals surface area contributed by atoms with Crippen molar-refractivity contribution in [3.8, 4) is 0 Å². The van der Waals surface area contributed by atoms with Crippen molar-refractivity contribution in [2.75, 3.05) is 31.5 Å². The van der Waals surface area contributed by atoms with Crippen LogP contribution in [-0.2, 0) is 4.79 Å². The summed E-state index contributed by atoms with van der Waals surface area (Å²) in [5.74, 6) is 1.81. The molecule has 0 bridgehead atoms. The van der Waals surface area contributed by atoms with E-state index in [0.717, 1.165) is 44.8 Å². The van der Waals surface area contributed by atoms with Crippen LogP contribution in [-0.4, -0.2) is 48.0 Å². The third-order valence-electron chi connectivity index (χ3n) is 4.20. The maximum Gasteiger partial charge on any atom is 0.221 e. The van der Waals surface area contributed by atoms with Gasteiger partial charge in [-0.25, -0.2) is 4.98 Å². The first-order valence-electron chi connectivity index (χ1n) is 7.96. The van der Waals surface area contributed by atoms with Gasteiger partial charge in [-0.2, -0.15) is 0 Å². The van der Waals surface area contributed by atoms with Gasteiger partial charge in [0.25, 0.3) is 0 Å². The van der Waals surface area contributed by atoms with Crippen LogP contribution >= 0.6 is 0 Å². The summed E-state index contributed by atoms with van der Waals surface area (Å²) in [5.41, 5.74) is 0. The number of carbonyl (C=O) groups excluding carboxylic acids is 1. The molecule has 1 aliphatic heterocycles. The van der Waals surface area contributed by atoms with E-state index in [1.807, 2.05) is 24.4 Å². The van der Waals surface area contributed by atoms with Gasteiger partial charge >= 0.3 is 0 Å². The van der Waals surface area contributed by atoms with Crippen LogP contribution in [0.2, 0.25) is 0 Å². The number of rotatable bonds is 7. The van der Waals surface area contributed by atoms with Crippen molar-refractivity contribution in [1.29, 1.82) is 0 Å². The Morgan fingerprint density at radius 1 is 1.33 bits per heavy atom. The highest BCUT2D eigenvalue weighted by molar-refractivity contribution is 5.76. The van der Waals surface area contributed by atoms with Crippen LogP contribution in [0.25, 0.3) is 0 Å². The Bertz CT molecular complexity index is 461. The largest absolute Gasteiger partial charge is 0.370 e. The SMILES string of the molecule is O=C(CCN1CCC(CNc2ccccn2)C1)NC1CC1. The third-order valence-corrected chi connectivity index (χ3v) is 4.20. The Hall–Kier alpha value is -1.62. The van der Waals surface area contributed by atoms with E-state index in [0.29, 0.717) is 18.4 Å². The summed E-state index contributed by atoms with van der Waals surface area (Å²) in [6.07, 6.45) is 5.97. The summed E-state index contributed by atoms with van der Waals surface area (Å²) >= 11 is 0. The van der Waals surface area contributed by atoms with E-state index in [4.69, 9.17) is 0 Å². The van der Waals surface area contributed by atoms with Crippen molar-refractivity contribution in [2.45, 2.75) is 31.7 Å². The minimum absolute atomic E-state index is 0.215. The van der Waals surface area contributed by atoms with Crippen molar-refractivity contribution in [2.24, 2.45) is 5.92 Å². The molecule has 0 spiro atoms. The average molecular weight is 288 g/mol. The van der Waals surface area contributed by atoms with E-state index >= 15 is 0 Å². The summed E-state index contributed by atoms with van der Waals surface area (Å²) in [6, 6.07) is 6.39. The van der Waals surface area contributed by atoms with Gasteiger partial charge < -0.3 is 15.5 Å². The predicted octanol–water partition coefficient (Wildman–Crippen LogP) is 1.48. The lowest BCUT2D eigenvalue weighted by Gasteiger charge is -2.16. The first kappa shape index (κ1) is 14.3. The van der Waals surface area contributed by atoms with Crippen LogP contribution in [0.3, 0.4) is 0 Å². The highest BCUT2D eigenvalue weighted by Gasteiger charge is 2.25. The lowest BCUT2D eigenvalue weighted by atomic mass is 10.1. The molecule has 1 aromatic rings. The summed E-state index contributed by atoms with van der Waals surface area (Å²) in [6.45, 7) is 4.03. The molecule has 1 aliphatic carbocycles. The number of nitrogens with one attached hydrogen (secondary N) is 2. The van der Waals surface area contributed by atoms with Gasteiger partial charge in [0.05, 0.1) is 0 Å². The Balaban J connectivity index is 1.32. The standard InChI is InChI=1S/C16H24N4O/c21-16(19-14-4-5-14)7-10-20-9-6-13(12-20)11-18-15-3-1-2-8-17-15/h1-3,8,13-14H,4-7,9-12H2,(H,17,18)(H,19,21). The second kappa shape index (κ2) is 6.89. The minimum atomic E-state index is 0.215. The van der Waals surface area contributed by atoms with Gasteiger partial charge in [-0.3, -0.25) is 4.79 Å². The molecule has 1 saturated carbocycles. The monoisotopic (exact) mass is 288 g/mol. The van der Waals surface area contributed by atoms with Crippen molar-refractivity contribution in [3.05, 3.63) is 24.4 Å². The molecule has 1 amide bonds. The normalized spacial score (nSPS) is 22.2. The predicted molar refractivity (Wildman–Crippen MR) is 83.1 cm³/mol. The van der Waals surface area contributed by atoms with Gasteiger partial charge in [-0.05, 0) is 43.9 Å². The van der Waals surface area contributed by atoms with E-state index in [2.05, 4.69) is 20.5 Å². The van der Waals surface area contributed by atoms with Crippen LogP contribution < -0.4 is 10.6 Å². The number of amides is 1. The molecule has 3 rings (SSSR count). The molecular weight excluding hydrogens is 264 g/mol. The molecule has 2 heterocycles. The number of anilines is 1. The molecule has 21 heavy (non-hydrogen) atoms. The Morgan fingerprint density at radius 2 is 2.24 bits per heavy atom. The molecule has 2 N–H and O–H groups in total. The van der Waals surface area contributed by atoms with Crippen LogP contribution in [0, 0.1) is 5.92 Å². The Morgan fingerprint density at radius 3 is 3.00 bits per heavy atom. The molecule has 0 aromatic carbocycles. The molecule has 1 unspecified atom stereocenters. The molecule has 1 saturated heterocycles. The van der Waals surface area contributed by atoms with E-state index in [1.165, 1.54) is 6.42 Å². The van der Waals surface area contributed by atoms with Crippen LogP contribution in [0.15, 0.2) is 24.4 Å². The van der Waals surface area contributed by atoms with Gasteiger partial charge in [0.2, 0.25) is 5.91 Å². The zero-order chi connectivity index (χ0) is 14.5. The number of aromatic nitrogens is 1. The number of carbonyl (C=O) groups is 1. The second-order valence-electron chi connectivity index (χ2n) is 6.14. The van der Waals surface area contributed by atoms with Crippen molar-refractivity contribution in [1.82, 2.24) is 15.2 Å². The van der Waals surface area contributed by atoms with Gasteiger partial charge in [-0.1, -0.05) is 6.07 Å². The Labute approximate surface area is 126 Å². The molecule has 5 nitrogen and oxygen atoms in total. The van der Waals surface area contributed by atoms with Gasteiger partial charge in [0.1, 0.15) is 5.82 Å². The molecule has 5 heteroatoms. The molecule has 114 valence electrons. The second-order valence-corrected chi connectivity index (χ2v) is 6.14. The summed E-state index contributed by atoms with van der Waals surface area (Å²) in [7, 11) is 0. The van der Waals surface area contributed by atoms with Gasteiger partial charge in [0, 0.05) is 38.3 Å². The lowest BCUT2D eigenvalue weighted by Crippen LogP contribution is -2.31. The maximum atomic E-state index is 11.7. The van der Waals surface area contributed by atoms with Crippen molar-refractivity contribution in [3.63, 3.8) is 0 Å². The van der Waals surface area contributed by atoms with Crippen molar-refractivity contribution >= 4 is 11.7 Å². The highest BCUT2D eigenvalue weighted by Crippen LogP contribution is 2.19. The fourth-order valence-electron chi connectivity index (χ4n) is 2.79. The molecule has 1 aromatic heterocycles. The van der Waals surface area contributed by atoms with Crippen molar-refractivity contribution < 1.29 is 4.79 Å². The molecule has 2 fully saturated rings. The van der Waals surface area contributed by atoms with Gasteiger partial charge in [-0.15, -0.1) is 0 Å². The summed E-state index contributed by atoms with van der Waals surface area (Å²) < 4.78 is 0. The zero-order valence-electron chi connectivity index (χ0n) is 12.4. The van der Waals surface area contributed by atoms with Crippen LogP contribution in [0.5, 0.6) is 0 Å². The molecule has 2 aliphatic rings. The number of pyridine rings is 1. The van der Waals surface area contributed by atoms with Gasteiger partial charge in [0.15, 0.2) is 0 Å². The van der Waals surface area contributed by atoms with E-state index in [-0.39, 0.29) is 5.91 Å². The van der Waals surface area contributed by atoms with E-state index in [1.54, 1.807) is 0 Å². The number of hydrogen-bond acceptors (Lipinski definition) is 4. The number of likely N-dealkylation sites (tertiary alicyclic amines) is 1. The summed E-state index contributed by atoms with van der Waals surface area (Å²) in [4.78, 5) is 18.4.